The van der Waals surface area contributed by atoms with Gasteiger partial charge < -0.3 is 10.1 Å². The summed E-state index contributed by atoms with van der Waals surface area (Å²) in [6, 6.07) is 17.4. The fourth-order valence-corrected chi connectivity index (χ4v) is 1.81. The maximum Gasteiger partial charge on any atom is 0.121 e. The molecule has 0 aliphatic carbocycles. The fourth-order valence-electron chi connectivity index (χ4n) is 1.81. The van der Waals surface area contributed by atoms with E-state index in [1.807, 2.05) is 49.4 Å². The van der Waals surface area contributed by atoms with E-state index in [0.717, 1.165) is 23.5 Å². The summed E-state index contributed by atoms with van der Waals surface area (Å²) in [5.74, 6) is 0.832. The van der Waals surface area contributed by atoms with Gasteiger partial charge in [-0.1, -0.05) is 25.1 Å². The van der Waals surface area contributed by atoms with E-state index >= 15 is 0 Å². The Kier molecular flexibility index (Phi) is 4.62. The molecular formula is C17H18N2O. The summed E-state index contributed by atoms with van der Waals surface area (Å²) >= 11 is 0. The van der Waals surface area contributed by atoms with Crippen LogP contribution in [0.5, 0.6) is 5.75 Å². The number of hydrogen-bond acceptors (Lipinski definition) is 3. The molecule has 1 N–H and O–H groups in total. The number of rotatable bonds is 5. The SMILES string of the molecule is CCC(C)Oc1cccc(Nc2ccccc2C#N)c1. The third kappa shape index (κ3) is 3.52. The average Bonchev–Trinajstić information content (AvgIpc) is 2.48. The number of para-hydroxylation sites is 1. The zero-order valence-corrected chi connectivity index (χ0v) is 11.8. The second-order valence-corrected chi connectivity index (χ2v) is 4.65. The zero-order valence-electron chi connectivity index (χ0n) is 11.8. The van der Waals surface area contributed by atoms with Gasteiger partial charge in [0.25, 0.3) is 0 Å². The summed E-state index contributed by atoms with van der Waals surface area (Å²) in [6.07, 6.45) is 1.16. The van der Waals surface area contributed by atoms with Gasteiger partial charge in [0.2, 0.25) is 0 Å². The van der Waals surface area contributed by atoms with Crippen LogP contribution in [-0.4, -0.2) is 6.10 Å². The normalized spacial score (nSPS) is 11.4. The minimum atomic E-state index is 0.191. The van der Waals surface area contributed by atoms with Gasteiger partial charge in [0.15, 0.2) is 0 Å². The van der Waals surface area contributed by atoms with Crippen LogP contribution in [0.1, 0.15) is 25.8 Å². The van der Waals surface area contributed by atoms with Crippen LogP contribution in [0.3, 0.4) is 0 Å². The number of hydrogen-bond donors (Lipinski definition) is 1. The molecule has 0 aliphatic rings. The molecule has 3 nitrogen and oxygen atoms in total. The van der Waals surface area contributed by atoms with Crippen molar-refractivity contribution in [1.29, 1.82) is 5.26 Å². The Morgan fingerprint density at radius 1 is 1.20 bits per heavy atom. The monoisotopic (exact) mass is 266 g/mol. The van der Waals surface area contributed by atoms with Crippen molar-refractivity contribution in [1.82, 2.24) is 0 Å². The van der Waals surface area contributed by atoms with Crippen LogP contribution < -0.4 is 10.1 Å². The van der Waals surface area contributed by atoms with Crippen molar-refractivity contribution in [3.05, 3.63) is 54.1 Å². The van der Waals surface area contributed by atoms with Crippen molar-refractivity contribution < 1.29 is 4.74 Å². The lowest BCUT2D eigenvalue weighted by molar-refractivity contribution is 0.217. The standard InChI is InChI=1S/C17H18N2O/c1-3-13(2)20-16-9-6-8-15(11-16)19-17-10-5-4-7-14(17)12-18/h4-11,13,19H,3H2,1-2H3. The van der Waals surface area contributed by atoms with Crippen molar-refractivity contribution >= 4 is 11.4 Å². The first-order valence-corrected chi connectivity index (χ1v) is 6.75. The molecule has 0 amide bonds. The van der Waals surface area contributed by atoms with E-state index in [-0.39, 0.29) is 6.10 Å². The molecule has 0 bridgehead atoms. The van der Waals surface area contributed by atoms with Gasteiger partial charge in [-0.15, -0.1) is 0 Å². The Morgan fingerprint density at radius 2 is 2.00 bits per heavy atom. The van der Waals surface area contributed by atoms with E-state index in [0.29, 0.717) is 5.56 Å². The molecule has 1 atom stereocenters. The summed E-state index contributed by atoms with van der Waals surface area (Å²) in [6.45, 7) is 4.14. The molecule has 0 radical (unpaired) electrons. The fraction of sp³-hybridized carbons (Fsp3) is 0.235. The molecule has 20 heavy (non-hydrogen) atoms. The Bertz CT molecular complexity index is 616. The van der Waals surface area contributed by atoms with Crippen molar-refractivity contribution in [3.8, 4) is 11.8 Å². The molecular weight excluding hydrogens is 248 g/mol. The maximum atomic E-state index is 9.09. The molecule has 0 saturated heterocycles. The van der Waals surface area contributed by atoms with Crippen LogP contribution >= 0.6 is 0 Å². The molecule has 102 valence electrons. The second-order valence-electron chi connectivity index (χ2n) is 4.65. The second kappa shape index (κ2) is 6.63. The lowest BCUT2D eigenvalue weighted by atomic mass is 10.2. The number of anilines is 2. The molecule has 3 heteroatoms. The first kappa shape index (κ1) is 14.0. The Morgan fingerprint density at radius 3 is 2.75 bits per heavy atom. The van der Waals surface area contributed by atoms with Gasteiger partial charge >= 0.3 is 0 Å². The molecule has 0 heterocycles. The minimum Gasteiger partial charge on any atom is -0.491 e. The zero-order chi connectivity index (χ0) is 14.4. The number of nitrogens with one attached hydrogen (secondary N) is 1. The largest absolute Gasteiger partial charge is 0.491 e. The first-order valence-electron chi connectivity index (χ1n) is 6.75. The molecule has 0 fully saturated rings. The number of ether oxygens (including phenoxy) is 1. The maximum absolute atomic E-state index is 9.09. The van der Waals surface area contributed by atoms with Crippen molar-refractivity contribution in [2.75, 3.05) is 5.32 Å². The molecule has 0 spiro atoms. The summed E-state index contributed by atoms with van der Waals surface area (Å²) in [5, 5.41) is 12.3. The predicted octanol–water partition coefficient (Wildman–Crippen LogP) is 4.48. The lowest BCUT2D eigenvalue weighted by Gasteiger charge is -2.14. The van der Waals surface area contributed by atoms with Gasteiger partial charge in [0.05, 0.1) is 17.4 Å². The summed E-state index contributed by atoms with van der Waals surface area (Å²) in [5.41, 5.74) is 2.34. The van der Waals surface area contributed by atoms with E-state index < -0.39 is 0 Å². The Labute approximate surface area is 119 Å². The molecule has 2 rings (SSSR count). The predicted molar refractivity (Wildman–Crippen MR) is 81.3 cm³/mol. The van der Waals surface area contributed by atoms with Gasteiger partial charge in [-0.2, -0.15) is 5.26 Å². The van der Waals surface area contributed by atoms with Crippen LogP contribution in [-0.2, 0) is 0 Å². The first-order chi connectivity index (χ1) is 9.72. The van der Waals surface area contributed by atoms with E-state index in [4.69, 9.17) is 10.00 Å². The van der Waals surface area contributed by atoms with Gasteiger partial charge in [-0.25, -0.2) is 0 Å². The highest BCUT2D eigenvalue weighted by atomic mass is 16.5. The number of nitriles is 1. The highest BCUT2D eigenvalue weighted by Gasteiger charge is 2.04. The highest BCUT2D eigenvalue weighted by molar-refractivity contribution is 5.67. The molecule has 0 aromatic heterocycles. The quantitative estimate of drug-likeness (QED) is 0.867. The topological polar surface area (TPSA) is 45.0 Å². The lowest BCUT2D eigenvalue weighted by Crippen LogP contribution is -2.09. The van der Waals surface area contributed by atoms with Crippen LogP contribution in [0.25, 0.3) is 0 Å². The van der Waals surface area contributed by atoms with Gasteiger partial charge in [0.1, 0.15) is 11.8 Å². The van der Waals surface area contributed by atoms with Crippen LogP contribution in [0.2, 0.25) is 0 Å². The van der Waals surface area contributed by atoms with E-state index in [2.05, 4.69) is 18.3 Å². The average molecular weight is 266 g/mol. The van der Waals surface area contributed by atoms with Crippen LogP contribution in [0.4, 0.5) is 11.4 Å². The van der Waals surface area contributed by atoms with Gasteiger partial charge in [-0.3, -0.25) is 0 Å². The molecule has 2 aromatic carbocycles. The van der Waals surface area contributed by atoms with Gasteiger partial charge in [0, 0.05) is 11.8 Å². The van der Waals surface area contributed by atoms with Crippen molar-refractivity contribution in [3.63, 3.8) is 0 Å². The third-order valence-electron chi connectivity index (χ3n) is 3.07. The van der Waals surface area contributed by atoms with E-state index in [1.54, 1.807) is 6.07 Å². The summed E-state index contributed by atoms with van der Waals surface area (Å²) in [4.78, 5) is 0. The molecule has 0 aliphatic heterocycles. The molecule has 1 unspecified atom stereocenters. The van der Waals surface area contributed by atoms with Crippen LogP contribution in [0, 0.1) is 11.3 Å². The molecule has 2 aromatic rings. The summed E-state index contributed by atoms with van der Waals surface area (Å²) in [7, 11) is 0. The van der Waals surface area contributed by atoms with E-state index in [9.17, 15) is 0 Å². The Balaban J connectivity index is 2.18. The van der Waals surface area contributed by atoms with Crippen molar-refractivity contribution in [2.45, 2.75) is 26.4 Å². The number of nitrogens with zero attached hydrogens (tertiary/aromatic N) is 1. The van der Waals surface area contributed by atoms with Gasteiger partial charge in [-0.05, 0) is 37.6 Å². The van der Waals surface area contributed by atoms with E-state index in [1.165, 1.54) is 0 Å². The third-order valence-corrected chi connectivity index (χ3v) is 3.07. The molecule has 0 saturated carbocycles. The smallest absolute Gasteiger partial charge is 0.121 e. The highest BCUT2D eigenvalue weighted by Crippen LogP contribution is 2.24. The minimum absolute atomic E-state index is 0.191. The van der Waals surface area contributed by atoms with Crippen LogP contribution in [0.15, 0.2) is 48.5 Å². The Hall–Kier alpha value is -2.47. The van der Waals surface area contributed by atoms with Crippen molar-refractivity contribution in [2.24, 2.45) is 0 Å². The summed E-state index contributed by atoms with van der Waals surface area (Å²) < 4.78 is 5.79. The number of benzene rings is 2.